The van der Waals surface area contributed by atoms with Crippen LogP contribution in [-0.4, -0.2) is 78.8 Å². The van der Waals surface area contributed by atoms with Gasteiger partial charge in [0.05, 0.1) is 12.4 Å². The van der Waals surface area contributed by atoms with E-state index in [0.29, 0.717) is 0 Å². The molecule has 0 fully saturated rings. The molecule has 0 aliphatic carbocycles. The number of alkyl halides is 2. The number of rotatable bonds is 13. The highest BCUT2D eigenvalue weighted by molar-refractivity contribution is 7.87. The molecule has 29 heavy (non-hydrogen) atoms. The largest absolute Gasteiger partial charge is 0.425 e. The highest BCUT2D eigenvalue weighted by Crippen LogP contribution is 2.42. The van der Waals surface area contributed by atoms with Crippen LogP contribution in [0.4, 0.5) is 0 Å². The monoisotopic (exact) mass is 520 g/mol. The topological polar surface area (TPSA) is 163 Å². The van der Waals surface area contributed by atoms with E-state index in [2.05, 4.69) is 12.6 Å². The second kappa shape index (κ2) is 16.6. The molecule has 1 atom stereocenters. The molecule has 11 nitrogen and oxygen atoms in total. The number of carbonyl (C=O) groups is 2. The molecule has 1 unspecified atom stereocenters. The Balaban J connectivity index is 0. The van der Waals surface area contributed by atoms with Crippen molar-refractivity contribution in [3.63, 3.8) is 0 Å². The van der Waals surface area contributed by atoms with Crippen LogP contribution < -0.4 is 5.50 Å². The molecule has 0 aromatic rings. The summed E-state index contributed by atoms with van der Waals surface area (Å²) in [6, 6.07) is 0. The van der Waals surface area contributed by atoms with Gasteiger partial charge in [-0.15, -0.1) is 23.2 Å². The van der Waals surface area contributed by atoms with E-state index in [1.54, 1.807) is 0 Å². The minimum Gasteiger partial charge on any atom is -0.425 e. The summed E-state index contributed by atoms with van der Waals surface area (Å²) in [6.45, 7) is 2.71. The van der Waals surface area contributed by atoms with E-state index < -0.39 is 36.0 Å². The van der Waals surface area contributed by atoms with Crippen molar-refractivity contribution in [2.75, 3.05) is 43.0 Å². The number of carbonyl (C=O) groups excluding carboxylic acids is 2. The van der Waals surface area contributed by atoms with E-state index in [4.69, 9.17) is 47.3 Å². The van der Waals surface area contributed by atoms with Crippen LogP contribution in [0.3, 0.4) is 0 Å². The van der Waals surface area contributed by atoms with Crippen molar-refractivity contribution in [2.45, 2.75) is 26.6 Å². The van der Waals surface area contributed by atoms with Crippen LogP contribution in [0.2, 0.25) is 0 Å². The molecule has 0 aliphatic heterocycles. The van der Waals surface area contributed by atoms with Crippen molar-refractivity contribution in [1.29, 1.82) is 0 Å². The molecule has 0 aliphatic rings. The number of nitrogens with zero attached hydrogens (tertiary/aromatic N) is 1. The number of hydrogen-bond donors (Lipinski definition) is 3. The Hall–Kier alpha value is -0.110. The van der Waals surface area contributed by atoms with Gasteiger partial charge in [-0.05, 0) is 0 Å². The molecule has 0 aromatic carbocycles. The van der Waals surface area contributed by atoms with Crippen molar-refractivity contribution in [3.05, 3.63) is 0 Å². The molecule has 0 saturated heterocycles. The van der Waals surface area contributed by atoms with E-state index in [9.17, 15) is 22.6 Å². The van der Waals surface area contributed by atoms with E-state index >= 15 is 0 Å². The molecule has 0 saturated carbocycles. The normalized spacial score (nSPS) is 13.4. The van der Waals surface area contributed by atoms with Crippen LogP contribution in [0.25, 0.3) is 0 Å². The maximum absolute atomic E-state index is 12.3. The molecule has 16 heteroatoms. The van der Waals surface area contributed by atoms with Gasteiger partial charge in [-0.3, -0.25) is 18.7 Å². The molecule has 0 bridgehead atoms. The molecule has 0 aromatic heterocycles. The third kappa shape index (κ3) is 19.6. The van der Waals surface area contributed by atoms with Crippen molar-refractivity contribution in [2.24, 2.45) is 5.50 Å². The highest BCUT2D eigenvalue weighted by Gasteiger charge is 2.27. The van der Waals surface area contributed by atoms with Gasteiger partial charge in [0.1, 0.15) is 0 Å². The lowest BCUT2D eigenvalue weighted by molar-refractivity contribution is -0.186. The predicted molar refractivity (Wildman–Crippen MR) is 113 cm³/mol. The lowest BCUT2D eigenvalue weighted by atomic mass is 10.4. The molecule has 0 spiro atoms. The zero-order chi connectivity index (χ0) is 23.1. The Morgan fingerprint density at radius 1 is 1.17 bits per heavy atom. The van der Waals surface area contributed by atoms with Gasteiger partial charge in [-0.1, -0.05) is 0 Å². The first-order valence-electron chi connectivity index (χ1n) is 8.10. The SMILES string of the molecule is CC(=O)OC(CCOP(N)(=O)N(CCCl)CCCl)OC(C)=O.O=S(=O)(O)CCS. The Labute approximate surface area is 186 Å². The smallest absolute Gasteiger partial charge is 0.340 e. The summed E-state index contributed by atoms with van der Waals surface area (Å²) in [5.41, 5.74) is 5.65. The minimum atomic E-state index is -3.75. The number of hydrogen-bond acceptors (Lipinski definition) is 9. The Morgan fingerprint density at radius 2 is 1.62 bits per heavy atom. The number of ether oxygens (including phenoxy) is 2. The molecular formula is C13H27Cl2N2O9PS2. The number of esters is 2. The first kappa shape index (κ1) is 31.1. The maximum Gasteiger partial charge on any atom is 0.340 e. The average Bonchev–Trinajstić information content (AvgIpc) is 2.52. The maximum atomic E-state index is 12.3. The summed E-state index contributed by atoms with van der Waals surface area (Å²) < 4.78 is 55.7. The zero-order valence-electron chi connectivity index (χ0n) is 16.0. The molecule has 0 radical (unpaired) electrons. The fraction of sp³-hybridized carbons (Fsp3) is 0.846. The second-order valence-electron chi connectivity index (χ2n) is 5.18. The Morgan fingerprint density at radius 3 is 1.90 bits per heavy atom. The van der Waals surface area contributed by atoms with Crippen molar-refractivity contribution in [3.8, 4) is 0 Å². The second-order valence-corrected chi connectivity index (χ2v) is 9.90. The van der Waals surface area contributed by atoms with E-state index in [-0.39, 0.29) is 49.4 Å². The average molecular weight is 521 g/mol. The van der Waals surface area contributed by atoms with E-state index in [0.717, 1.165) is 0 Å². The first-order chi connectivity index (χ1) is 13.3. The van der Waals surface area contributed by atoms with Crippen molar-refractivity contribution >= 4 is 65.6 Å². The third-order valence-corrected chi connectivity index (χ3v) is 5.98. The molecular weight excluding hydrogens is 494 g/mol. The van der Waals surface area contributed by atoms with Crippen molar-refractivity contribution in [1.82, 2.24) is 4.67 Å². The quantitative estimate of drug-likeness (QED) is 0.0804. The van der Waals surface area contributed by atoms with Crippen LogP contribution in [0.15, 0.2) is 0 Å². The molecule has 3 N–H and O–H groups in total. The van der Waals surface area contributed by atoms with Gasteiger partial charge >= 0.3 is 19.6 Å². The van der Waals surface area contributed by atoms with Gasteiger partial charge in [0, 0.05) is 50.9 Å². The summed E-state index contributed by atoms with van der Waals surface area (Å²) in [5.74, 6) is -0.911. The van der Waals surface area contributed by atoms with Gasteiger partial charge < -0.3 is 14.0 Å². The van der Waals surface area contributed by atoms with Gasteiger partial charge in [0.15, 0.2) is 0 Å². The Bertz CT molecular complexity index is 618. The Kier molecular flexibility index (Phi) is 17.8. The fourth-order valence-electron chi connectivity index (χ4n) is 1.57. The zero-order valence-corrected chi connectivity index (χ0v) is 20.1. The fourth-order valence-corrected chi connectivity index (χ4v) is 4.43. The van der Waals surface area contributed by atoms with Gasteiger partial charge in [0.2, 0.25) is 6.29 Å². The van der Waals surface area contributed by atoms with Crippen LogP contribution in [0, 0.1) is 0 Å². The van der Waals surface area contributed by atoms with Crippen LogP contribution in [0.1, 0.15) is 20.3 Å². The van der Waals surface area contributed by atoms with E-state index in [1.165, 1.54) is 18.5 Å². The number of halogens is 2. The van der Waals surface area contributed by atoms with Gasteiger partial charge in [0.25, 0.3) is 10.1 Å². The summed E-state index contributed by atoms with van der Waals surface area (Å²) in [7, 11) is -7.33. The molecule has 174 valence electrons. The lowest BCUT2D eigenvalue weighted by Gasteiger charge is -2.27. The van der Waals surface area contributed by atoms with Gasteiger partial charge in [-0.2, -0.15) is 21.0 Å². The standard InChI is InChI=1S/C11H21Cl2N2O6P.C2H6O3S2/c1-9(16)20-11(21-10(2)17)3-8-19-22(14,18)15(6-4-12)7-5-13;3-7(4,5)2-1-6/h11H,3-8H2,1-2H3,(H2,14,18);6H,1-2H2,(H,3,4,5). The summed E-state index contributed by atoms with van der Waals surface area (Å²) >= 11 is 14.8. The van der Waals surface area contributed by atoms with Gasteiger partial charge in [-0.25, -0.2) is 10.2 Å². The van der Waals surface area contributed by atoms with Crippen LogP contribution in [-0.2, 0) is 38.3 Å². The van der Waals surface area contributed by atoms with Crippen LogP contribution in [0.5, 0.6) is 0 Å². The van der Waals surface area contributed by atoms with E-state index in [1.807, 2.05) is 0 Å². The predicted octanol–water partition coefficient (Wildman–Crippen LogP) is 1.50. The molecule has 0 heterocycles. The summed E-state index contributed by atoms with van der Waals surface area (Å²) in [6.07, 6.45) is -1.12. The first-order valence-corrected chi connectivity index (χ1v) is 13.1. The third-order valence-electron chi connectivity index (χ3n) is 2.65. The summed E-state index contributed by atoms with van der Waals surface area (Å²) in [5, 5.41) is 0. The van der Waals surface area contributed by atoms with Crippen LogP contribution >= 0.6 is 43.5 Å². The number of nitrogens with two attached hydrogens (primary N) is 1. The minimum absolute atomic E-state index is 0.00403. The lowest BCUT2D eigenvalue weighted by Crippen LogP contribution is -2.30. The number of thiol groups is 1. The highest BCUT2D eigenvalue weighted by atomic mass is 35.5. The van der Waals surface area contributed by atoms with Crippen molar-refractivity contribution < 1.29 is 41.1 Å². The molecule has 0 amide bonds. The molecule has 0 rings (SSSR count). The summed E-state index contributed by atoms with van der Waals surface area (Å²) in [4.78, 5) is 21.8.